The summed E-state index contributed by atoms with van der Waals surface area (Å²) < 4.78 is 6.45. The highest BCUT2D eigenvalue weighted by Gasteiger charge is 2.70. The maximum atomic E-state index is 13.4. The first-order valence-electron chi connectivity index (χ1n) is 10.8. The van der Waals surface area contributed by atoms with E-state index >= 15 is 0 Å². The van der Waals surface area contributed by atoms with E-state index in [0.29, 0.717) is 11.5 Å². The average Bonchev–Trinajstić information content (AvgIpc) is 2.96. The number of ketones is 1. The topological polar surface area (TPSA) is 65.1 Å². The van der Waals surface area contributed by atoms with E-state index in [-0.39, 0.29) is 36.0 Å². The number of carbonyl (C=O) groups is 2. The maximum Gasteiger partial charge on any atom is 0.228 e. The zero-order chi connectivity index (χ0) is 20.4. The summed E-state index contributed by atoms with van der Waals surface area (Å²) >= 11 is 0. The molecular formula is C23H29NO5. The molecule has 2 bridgehead atoms. The zero-order valence-electron chi connectivity index (χ0n) is 17.3. The maximum absolute atomic E-state index is 13.4. The van der Waals surface area contributed by atoms with E-state index in [1.165, 1.54) is 0 Å². The molecular weight excluding hydrogens is 370 g/mol. The Morgan fingerprint density at radius 3 is 2.62 bits per heavy atom. The van der Waals surface area contributed by atoms with Crippen molar-refractivity contribution in [3.05, 3.63) is 35.9 Å². The fourth-order valence-corrected chi connectivity index (χ4v) is 6.18. The fraction of sp³-hybridized carbons (Fsp3) is 0.652. The predicted octanol–water partition coefficient (Wildman–Crippen LogP) is 3.56. The summed E-state index contributed by atoms with van der Waals surface area (Å²) in [5.74, 6) is -0.522. The summed E-state index contributed by atoms with van der Waals surface area (Å²) in [6.45, 7) is 6.09. The van der Waals surface area contributed by atoms with Gasteiger partial charge < -0.3 is 9.64 Å². The standard InChI is InChI=1S/C23H29NO5/c1-14-9-10-18-15(2)20(26)24(13-19(25)16-7-5-4-6-8-16)21-23(18)17(14)11-12-22(3,27-21)28-29-23/h4-8,14-15,17-18,21H,9-13H2,1-3H3/t14-,15-,17+,18+,21-,22+,23-/m1/s1. The molecule has 5 aliphatic rings. The first-order valence-corrected chi connectivity index (χ1v) is 10.8. The Labute approximate surface area is 171 Å². The highest BCUT2D eigenvalue weighted by molar-refractivity contribution is 5.99. The number of hydrogen-bond acceptors (Lipinski definition) is 5. The molecule has 0 aromatic heterocycles. The van der Waals surface area contributed by atoms with Gasteiger partial charge in [0.2, 0.25) is 11.7 Å². The van der Waals surface area contributed by atoms with E-state index in [2.05, 4.69) is 6.92 Å². The normalized spacial score (nSPS) is 43.6. The summed E-state index contributed by atoms with van der Waals surface area (Å²) in [6.07, 6.45) is 3.04. The molecule has 156 valence electrons. The molecule has 1 aliphatic carbocycles. The van der Waals surface area contributed by atoms with E-state index in [4.69, 9.17) is 14.5 Å². The Morgan fingerprint density at radius 1 is 1.10 bits per heavy atom. The van der Waals surface area contributed by atoms with Crippen LogP contribution in [0.15, 0.2) is 30.3 Å². The number of piperidine rings is 1. The fourth-order valence-electron chi connectivity index (χ4n) is 6.18. The summed E-state index contributed by atoms with van der Waals surface area (Å²) in [4.78, 5) is 40.1. The van der Waals surface area contributed by atoms with Gasteiger partial charge in [0.05, 0.1) is 6.54 Å². The Bertz CT molecular complexity index is 828. The van der Waals surface area contributed by atoms with Gasteiger partial charge in [0, 0.05) is 23.8 Å². The monoisotopic (exact) mass is 399 g/mol. The Morgan fingerprint density at radius 2 is 1.86 bits per heavy atom. The molecule has 5 fully saturated rings. The first-order chi connectivity index (χ1) is 13.9. The minimum Gasteiger partial charge on any atom is -0.321 e. The van der Waals surface area contributed by atoms with Crippen LogP contribution in [0.1, 0.15) is 56.8 Å². The molecule has 0 radical (unpaired) electrons. The van der Waals surface area contributed by atoms with Crippen LogP contribution < -0.4 is 0 Å². The third kappa shape index (κ3) is 2.72. The van der Waals surface area contributed by atoms with E-state index in [1.807, 2.05) is 32.0 Å². The molecule has 1 spiro atoms. The van der Waals surface area contributed by atoms with E-state index in [0.717, 1.165) is 25.7 Å². The van der Waals surface area contributed by atoms with Gasteiger partial charge >= 0.3 is 0 Å². The molecule has 6 rings (SSSR count). The molecule has 4 aliphatic heterocycles. The number of Topliss-reactive ketones (excluding diaryl/α,β-unsaturated/α-hetero) is 1. The Hall–Kier alpha value is -1.76. The van der Waals surface area contributed by atoms with Crippen molar-refractivity contribution in [3.8, 4) is 0 Å². The number of likely N-dealkylation sites (tertiary alicyclic amines) is 1. The van der Waals surface area contributed by atoms with E-state index < -0.39 is 17.6 Å². The lowest BCUT2D eigenvalue weighted by Crippen LogP contribution is -2.75. The molecule has 0 N–H and O–H groups in total. The van der Waals surface area contributed by atoms with E-state index in [9.17, 15) is 9.59 Å². The average molecular weight is 399 g/mol. The van der Waals surface area contributed by atoms with Crippen LogP contribution in [0.5, 0.6) is 0 Å². The van der Waals surface area contributed by atoms with Crippen LogP contribution in [-0.2, 0) is 19.3 Å². The summed E-state index contributed by atoms with van der Waals surface area (Å²) in [6, 6.07) is 9.12. The van der Waals surface area contributed by atoms with Gasteiger partial charge in [-0.1, -0.05) is 44.2 Å². The van der Waals surface area contributed by atoms with Gasteiger partial charge in [0.1, 0.15) is 0 Å². The van der Waals surface area contributed by atoms with Crippen LogP contribution in [0.2, 0.25) is 0 Å². The summed E-state index contributed by atoms with van der Waals surface area (Å²) in [5, 5.41) is 0. The van der Waals surface area contributed by atoms with Crippen LogP contribution in [0.4, 0.5) is 0 Å². The molecule has 7 atom stereocenters. The molecule has 1 aromatic rings. The van der Waals surface area contributed by atoms with Gasteiger partial charge in [0.25, 0.3) is 0 Å². The number of nitrogens with zero attached hydrogens (tertiary/aromatic N) is 1. The van der Waals surface area contributed by atoms with Crippen molar-refractivity contribution in [2.75, 3.05) is 6.54 Å². The van der Waals surface area contributed by atoms with Crippen molar-refractivity contribution >= 4 is 11.7 Å². The van der Waals surface area contributed by atoms with E-state index in [1.54, 1.807) is 17.0 Å². The van der Waals surface area contributed by atoms with Gasteiger partial charge in [-0.3, -0.25) is 9.59 Å². The SMILES string of the molecule is C[C@@H]1CC[C@H]2[C@@H](C)C(=O)N(CC(=O)c3ccccc3)[C@@H]3O[C@]4(C)CC[C@@H]1[C@@]23OO4. The third-order valence-corrected chi connectivity index (χ3v) is 7.77. The van der Waals surface area contributed by atoms with Crippen molar-refractivity contribution in [1.82, 2.24) is 4.90 Å². The van der Waals surface area contributed by atoms with Crippen LogP contribution in [0.3, 0.4) is 0 Å². The number of rotatable bonds is 3. The van der Waals surface area contributed by atoms with Crippen LogP contribution in [-0.4, -0.2) is 40.8 Å². The second-order valence-corrected chi connectivity index (χ2v) is 9.47. The van der Waals surface area contributed by atoms with Crippen molar-refractivity contribution in [2.45, 2.75) is 64.1 Å². The number of benzene rings is 1. The molecule has 1 aromatic carbocycles. The number of hydrogen-bond donors (Lipinski definition) is 0. The molecule has 29 heavy (non-hydrogen) atoms. The van der Waals surface area contributed by atoms with Crippen molar-refractivity contribution < 1.29 is 24.1 Å². The number of fused-ring (bicyclic) bond motifs is 2. The smallest absolute Gasteiger partial charge is 0.228 e. The molecule has 6 nitrogen and oxygen atoms in total. The second kappa shape index (κ2) is 6.62. The lowest BCUT2D eigenvalue weighted by Gasteiger charge is -2.61. The minimum absolute atomic E-state index is 0.00708. The predicted molar refractivity (Wildman–Crippen MR) is 104 cm³/mol. The van der Waals surface area contributed by atoms with Gasteiger partial charge in [-0.25, -0.2) is 9.78 Å². The Balaban J connectivity index is 1.56. The lowest BCUT2D eigenvalue weighted by molar-refractivity contribution is -0.547. The summed E-state index contributed by atoms with van der Waals surface area (Å²) in [7, 11) is 0. The van der Waals surface area contributed by atoms with Crippen molar-refractivity contribution in [2.24, 2.45) is 23.7 Å². The minimum atomic E-state index is -0.896. The van der Waals surface area contributed by atoms with Gasteiger partial charge in [-0.2, -0.15) is 0 Å². The zero-order valence-corrected chi connectivity index (χ0v) is 17.3. The number of carbonyl (C=O) groups excluding carboxylic acids is 2. The molecule has 6 heteroatoms. The lowest BCUT2D eigenvalue weighted by atomic mass is 9.57. The highest BCUT2D eigenvalue weighted by Crippen LogP contribution is 2.60. The first kappa shape index (κ1) is 19.2. The molecule has 1 amide bonds. The van der Waals surface area contributed by atoms with Crippen molar-refractivity contribution in [1.29, 1.82) is 0 Å². The van der Waals surface area contributed by atoms with Crippen LogP contribution in [0.25, 0.3) is 0 Å². The van der Waals surface area contributed by atoms with Gasteiger partial charge in [0.15, 0.2) is 17.6 Å². The largest absolute Gasteiger partial charge is 0.321 e. The molecule has 1 saturated carbocycles. The van der Waals surface area contributed by atoms with Crippen molar-refractivity contribution in [3.63, 3.8) is 0 Å². The number of amides is 1. The van der Waals surface area contributed by atoms with Gasteiger partial charge in [-0.05, 0) is 38.0 Å². The quantitative estimate of drug-likeness (QED) is 0.574. The summed E-state index contributed by atoms with van der Waals surface area (Å²) in [5.41, 5.74) is -0.110. The number of ether oxygens (including phenoxy) is 1. The molecule has 4 heterocycles. The van der Waals surface area contributed by atoms with Gasteiger partial charge in [-0.15, -0.1) is 0 Å². The highest BCUT2D eigenvalue weighted by atomic mass is 17.3. The Kier molecular flexibility index (Phi) is 4.39. The molecule has 4 saturated heterocycles. The van der Waals surface area contributed by atoms with Crippen LogP contribution in [0, 0.1) is 23.7 Å². The molecule has 0 unspecified atom stereocenters. The third-order valence-electron chi connectivity index (χ3n) is 7.77. The van der Waals surface area contributed by atoms with Crippen LogP contribution >= 0.6 is 0 Å². The second-order valence-electron chi connectivity index (χ2n) is 9.47.